The molecule has 0 aliphatic heterocycles. The molecule has 0 saturated heterocycles. The van der Waals surface area contributed by atoms with Crippen molar-refractivity contribution in [3.63, 3.8) is 0 Å². The van der Waals surface area contributed by atoms with Gasteiger partial charge in [-0.15, -0.1) is 0 Å². The van der Waals surface area contributed by atoms with Crippen molar-refractivity contribution in [3.05, 3.63) is 65.7 Å². The van der Waals surface area contributed by atoms with Crippen LogP contribution < -0.4 is 5.32 Å². The van der Waals surface area contributed by atoms with Crippen molar-refractivity contribution in [1.29, 1.82) is 0 Å². The molecular formula is C18H17N3O6S. The van der Waals surface area contributed by atoms with Gasteiger partial charge in [0.25, 0.3) is 15.9 Å². The summed E-state index contributed by atoms with van der Waals surface area (Å²) in [5.41, 5.74) is 0.914. The molecule has 28 heavy (non-hydrogen) atoms. The van der Waals surface area contributed by atoms with Crippen molar-refractivity contribution in [2.45, 2.75) is 11.8 Å². The fourth-order valence-electron chi connectivity index (χ4n) is 2.56. The number of nitrogens with zero attached hydrogens (tertiary/aromatic N) is 2. The Bertz CT molecular complexity index is 1190. The predicted octanol–water partition coefficient (Wildman–Crippen LogP) is 2.03. The first-order valence-corrected chi connectivity index (χ1v) is 9.48. The third kappa shape index (κ3) is 3.49. The third-order valence-electron chi connectivity index (χ3n) is 4.17. The fraction of sp³-hybridized carbons (Fsp3) is 0.111. The van der Waals surface area contributed by atoms with Gasteiger partial charge in [-0.05, 0) is 30.7 Å². The van der Waals surface area contributed by atoms with Gasteiger partial charge < -0.3 is 20.1 Å². The zero-order chi connectivity index (χ0) is 20.6. The molecule has 0 saturated carbocycles. The van der Waals surface area contributed by atoms with E-state index in [2.05, 4.69) is 5.32 Å². The minimum Gasteiger partial charge on any atom is -0.508 e. The number of aromatic carboxylic acids is 1. The maximum Gasteiger partial charge on any atom is 0.352 e. The molecule has 0 fully saturated rings. The summed E-state index contributed by atoms with van der Waals surface area (Å²) in [6, 6.07) is 7.00. The Labute approximate surface area is 160 Å². The van der Waals surface area contributed by atoms with Crippen LogP contribution in [0.2, 0.25) is 0 Å². The van der Waals surface area contributed by atoms with Gasteiger partial charge in [-0.25, -0.2) is 17.2 Å². The van der Waals surface area contributed by atoms with Crippen LogP contribution in [-0.2, 0) is 17.1 Å². The van der Waals surface area contributed by atoms with Crippen LogP contribution in [0.5, 0.6) is 5.75 Å². The molecule has 9 nitrogen and oxygen atoms in total. The van der Waals surface area contributed by atoms with Crippen LogP contribution in [-0.4, -0.2) is 39.0 Å². The Balaban J connectivity index is 1.86. The monoisotopic (exact) mass is 403 g/mol. The van der Waals surface area contributed by atoms with Crippen LogP contribution in [0.1, 0.15) is 26.4 Å². The molecule has 0 aliphatic carbocycles. The van der Waals surface area contributed by atoms with E-state index in [0.717, 1.165) is 16.2 Å². The third-order valence-corrected chi connectivity index (χ3v) is 5.77. The molecule has 3 N–H and O–H groups in total. The number of aromatic nitrogens is 2. The summed E-state index contributed by atoms with van der Waals surface area (Å²) in [6.45, 7) is 1.71. The van der Waals surface area contributed by atoms with E-state index in [-0.39, 0.29) is 21.9 Å². The molecule has 2 aromatic heterocycles. The smallest absolute Gasteiger partial charge is 0.352 e. The lowest BCUT2D eigenvalue weighted by atomic mass is 10.2. The van der Waals surface area contributed by atoms with Gasteiger partial charge in [-0.2, -0.15) is 0 Å². The average Bonchev–Trinajstić information content (AvgIpc) is 3.25. The number of carbonyl (C=O) groups is 2. The molecule has 0 atom stereocenters. The van der Waals surface area contributed by atoms with Crippen molar-refractivity contribution < 1.29 is 28.2 Å². The topological polar surface area (TPSA) is 131 Å². The summed E-state index contributed by atoms with van der Waals surface area (Å²) >= 11 is 0. The summed E-state index contributed by atoms with van der Waals surface area (Å²) in [6.07, 6.45) is 3.52. The lowest BCUT2D eigenvalue weighted by Crippen LogP contribution is -2.13. The standard InChI is InChI=1S/C18H17N3O6S/c1-11-3-4-13(7-16(11)22)19-17(23)12-5-6-21(9-12)28(26,27)14-8-15(18(24)25)20(2)10-14/h3-10,22H,1-2H3,(H,19,23)(H,24,25). The fourth-order valence-corrected chi connectivity index (χ4v) is 3.83. The maximum absolute atomic E-state index is 12.7. The summed E-state index contributed by atoms with van der Waals surface area (Å²) in [4.78, 5) is 23.3. The molecule has 3 rings (SSSR count). The maximum atomic E-state index is 12.7. The largest absolute Gasteiger partial charge is 0.508 e. The number of phenolic OH excluding ortho intramolecular Hbond substituents is 1. The molecule has 2 heterocycles. The number of amides is 1. The van der Waals surface area contributed by atoms with Gasteiger partial charge in [0.15, 0.2) is 0 Å². The van der Waals surface area contributed by atoms with Crippen LogP contribution in [0.25, 0.3) is 0 Å². The van der Waals surface area contributed by atoms with Crippen molar-refractivity contribution in [2.24, 2.45) is 7.05 Å². The molecule has 0 bridgehead atoms. The SMILES string of the molecule is Cc1ccc(NC(=O)c2ccn(S(=O)(=O)c3cc(C(=O)O)n(C)c3)c2)cc1O. The van der Waals surface area contributed by atoms with E-state index in [4.69, 9.17) is 5.11 Å². The Hall–Kier alpha value is -3.53. The van der Waals surface area contributed by atoms with E-state index < -0.39 is 21.9 Å². The highest BCUT2D eigenvalue weighted by atomic mass is 32.2. The van der Waals surface area contributed by atoms with Gasteiger partial charge in [0.1, 0.15) is 16.3 Å². The van der Waals surface area contributed by atoms with E-state index in [1.807, 2.05) is 0 Å². The lowest BCUT2D eigenvalue weighted by molar-refractivity contribution is 0.0686. The van der Waals surface area contributed by atoms with E-state index in [1.165, 1.54) is 36.1 Å². The van der Waals surface area contributed by atoms with Gasteiger partial charge >= 0.3 is 5.97 Å². The van der Waals surface area contributed by atoms with Gasteiger partial charge in [0.05, 0.1) is 5.56 Å². The van der Waals surface area contributed by atoms with Gasteiger partial charge in [0.2, 0.25) is 0 Å². The second-order valence-corrected chi connectivity index (χ2v) is 8.01. The number of phenols is 1. The van der Waals surface area contributed by atoms with Crippen molar-refractivity contribution in [3.8, 4) is 5.75 Å². The molecule has 3 aromatic rings. The number of nitrogens with one attached hydrogen (secondary N) is 1. The minimum absolute atomic E-state index is 0.0243. The molecule has 1 aromatic carbocycles. The van der Waals surface area contributed by atoms with Crippen LogP contribution in [0.3, 0.4) is 0 Å². The Morgan fingerprint density at radius 2 is 1.82 bits per heavy atom. The number of hydrogen-bond acceptors (Lipinski definition) is 5. The number of aryl methyl sites for hydroxylation is 2. The molecular weight excluding hydrogens is 386 g/mol. The highest BCUT2D eigenvalue weighted by Crippen LogP contribution is 2.22. The molecule has 10 heteroatoms. The highest BCUT2D eigenvalue weighted by Gasteiger charge is 2.23. The first-order chi connectivity index (χ1) is 13.1. The highest BCUT2D eigenvalue weighted by molar-refractivity contribution is 7.90. The van der Waals surface area contributed by atoms with Crippen molar-refractivity contribution in [2.75, 3.05) is 5.32 Å². The van der Waals surface area contributed by atoms with Gasteiger partial charge in [-0.1, -0.05) is 6.07 Å². The Morgan fingerprint density at radius 3 is 2.43 bits per heavy atom. The second kappa shape index (κ2) is 6.89. The summed E-state index contributed by atoms with van der Waals surface area (Å²) < 4.78 is 27.4. The predicted molar refractivity (Wildman–Crippen MR) is 100 cm³/mol. The van der Waals surface area contributed by atoms with Crippen molar-refractivity contribution >= 4 is 27.6 Å². The minimum atomic E-state index is -4.06. The summed E-state index contributed by atoms with van der Waals surface area (Å²) in [7, 11) is -2.63. The Morgan fingerprint density at radius 1 is 1.11 bits per heavy atom. The molecule has 0 aliphatic rings. The number of carboxylic acids is 1. The zero-order valence-electron chi connectivity index (χ0n) is 14.9. The molecule has 1 amide bonds. The number of anilines is 1. The van der Waals surface area contributed by atoms with Crippen LogP contribution >= 0.6 is 0 Å². The van der Waals surface area contributed by atoms with Crippen LogP contribution in [0, 0.1) is 6.92 Å². The molecule has 146 valence electrons. The summed E-state index contributed by atoms with van der Waals surface area (Å²) in [5.74, 6) is -1.79. The number of aromatic hydroxyl groups is 1. The van der Waals surface area contributed by atoms with E-state index in [9.17, 15) is 23.1 Å². The average molecular weight is 403 g/mol. The Kier molecular flexibility index (Phi) is 4.73. The zero-order valence-corrected chi connectivity index (χ0v) is 15.8. The van der Waals surface area contributed by atoms with E-state index in [0.29, 0.717) is 11.3 Å². The summed E-state index contributed by atoms with van der Waals surface area (Å²) in [5, 5.41) is 21.4. The van der Waals surface area contributed by atoms with Gasteiger partial charge in [0, 0.05) is 37.4 Å². The number of hydrogen-bond donors (Lipinski definition) is 3. The second-order valence-electron chi connectivity index (χ2n) is 6.17. The van der Waals surface area contributed by atoms with E-state index >= 15 is 0 Å². The molecule has 0 spiro atoms. The molecule has 0 unspecified atom stereocenters. The van der Waals surface area contributed by atoms with Gasteiger partial charge in [-0.3, -0.25) is 4.79 Å². The quantitative estimate of drug-likeness (QED) is 0.597. The van der Waals surface area contributed by atoms with Crippen molar-refractivity contribution in [1.82, 2.24) is 8.54 Å². The number of benzene rings is 1. The number of rotatable bonds is 5. The first-order valence-electron chi connectivity index (χ1n) is 8.04. The van der Waals surface area contributed by atoms with E-state index in [1.54, 1.807) is 19.1 Å². The number of carboxylic acid groups (broad SMARTS) is 1. The van der Waals surface area contributed by atoms with Crippen LogP contribution in [0.4, 0.5) is 5.69 Å². The normalized spacial score (nSPS) is 11.4. The first kappa shape index (κ1) is 19.2. The molecule has 0 radical (unpaired) electrons. The van der Waals surface area contributed by atoms with Crippen LogP contribution in [0.15, 0.2) is 53.8 Å². The number of carbonyl (C=O) groups excluding carboxylic acids is 1. The lowest BCUT2D eigenvalue weighted by Gasteiger charge is -2.06.